The first-order chi connectivity index (χ1) is 14.2. The van der Waals surface area contributed by atoms with E-state index in [9.17, 15) is 4.79 Å². The van der Waals surface area contributed by atoms with E-state index in [1.54, 1.807) is 13.3 Å². The van der Waals surface area contributed by atoms with Crippen molar-refractivity contribution in [2.75, 3.05) is 18.6 Å². The van der Waals surface area contributed by atoms with Gasteiger partial charge in [0.15, 0.2) is 5.82 Å². The molecule has 5 rings (SSSR count). The average Bonchev–Trinajstić information content (AvgIpc) is 3.43. The maximum Gasteiger partial charge on any atom is 0.261 e. The number of hydrogen-bond donors (Lipinski definition) is 0. The van der Waals surface area contributed by atoms with Crippen LogP contribution in [0.15, 0.2) is 41.3 Å². The molecule has 1 unspecified atom stereocenters. The normalized spacial score (nSPS) is 19.2. The van der Waals surface area contributed by atoms with Crippen molar-refractivity contribution in [2.45, 2.75) is 44.9 Å². The van der Waals surface area contributed by atoms with E-state index in [1.807, 2.05) is 34.9 Å². The van der Waals surface area contributed by atoms with Gasteiger partial charge >= 0.3 is 0 Å². The number of benzene rings is 1. The van der Waals surface area contributed by atoms with Crippen LogP contribution in [0.4, 0.5) is 5.82 Å². The van der Waals surface area contributed by atoms with E-state index in [4.69, 9.17) is 9.72 Å². The number of ether oxygens (including phenoxy) is 1. The second-order valence-corrected chi connectivity index (χ2v) is 7.96. The molecule has 1 aromatic carbocycles. The zero-order valence-electron chi connectivity index (χ0n) is 16.6. The lowest BCUT2D eigenvalue weighted by Crippen LogP contribution is -2.33. The summed E-state index contributed by atoms with van der Waals surface area (Å²) in [5.41, 5.74) is 0.848. The lowest BCUT2D eigenvalue weighted by atomic mass is 10.1. The molecule has 1 atom stereocenters. The highest BCUT2D eigenvalue weighted by atomic mass is 16.5. The molecule has 0 spiro atoms. The van der Waals surface area contributed by atoms with E-state index >= 15 is 0 Å². The summed E-state index contributed by atoms with van der Waals surface area (Å²) in [5.74, 6) is 2.99. The van der Waals surface area contributed by atoms with Crippen molar-refractivity contribution in [1.82, 2.24) is 19.5 Å². The molecular formula is C22H25N5O2. The maximum absolute atomic E-state index is 13.3. The van der Waals surface area contributed by atoms with Crippen LogP contribution in [0.2, 0.25) is 0 Å². The zero-order valence-corrected chi connectivity index (χ0v) is 16.6. The smallest absolute Gasteiger partial charge is 0.261 e. The van der Waals surface area contributed by atoms with Gasteiger partial charge in [-0.05, 0) is 49.8 Å². The van der Waals surface area contributed by atoms with Crippen LogP contribution in [0.1, 0.15) is 43.4 Å². The van der Waals surface area contributed by atoms with Crippen molar-refractivity contribution in [3.05, 3.63) is 58.5 Å². The summed E-state index contributed by atoms with van der Waals surface area (Å²) in [6.45, 7) is 2.03. The van der Waals surface area contributed by atoms with E-state index in [0.29, 0.717) is 23.7 Å². The van der Waals surface area contributed by atoms with Gasteiger partial charge in [0.1, 0.15) is 18.2 Å². The number of nitrogens with zero attached hydrogens (tertiary/aromatic N) is 5. The van der Waals surface area contributed by atoms with Crippen LogP contribution < -0.4 is 10.5 Å². The first-order valence-corrected chi connectivity index (χ1v) is 10.3. The van der Waals surface area contributed by atoms with E-state index in [2.05, 4.69) is 14.9 Å². The van der Waals surface area contributed by atoms with E-state index in [1.165, 1.54) is 12.8 Å². The van der Waals surface area contributed by atoms with Crippen LogP contribution in [0.3, 0.4) is 0 Å². The number of methoxy groups -OCH3 is 1. The fourth-order valence-electron chi connectivity index (χ4n) is 4.23. The Labute approximate surface area is 169 Å². The van der Waals surface area contributed by atoms with Gasteiger partial charge < -0.3 is 9.64 Å². The summed E-state index contributed by atoms with van der Waals surface area (Å²) in [4.78, 5) is 29.5. The molecule has 7 heteroatoms. The van der Waals surface area contributed by atoms with Crippen LogP contribution in [0, 0.1) is 5.92 Å². The SMILES string of the molecule is COCc1nccc(N2CCCC2c2nc3ccccc3c(=O)n2CC2CC2)n1. The molecule has 3 aromatic rings. The Balaban J connectivity index is 1.60. The molecule has 2 aromatic heterocycles. The third-order valence-corrected chi connectivity index (χ3v) is 5.84. The monoisotopic (exact) mass is 391 g/mol. The van der Waals surface area contributed by atoms with Crippen molar-refractivity contribution in [3.8, 4) is 0 Å². The van der Waals surface area contributed by atoms with Gasteiger partial charge in [-0.3, -0.25) is 9.36 Å². The van der Waals surface area contributed by atoms with Gasteiger partial charge in [0.2, 0.25) is 0 Å². The van der Waals surface area contributed by atoms with Gasteiger partial charge in [-0.25, -0.2) is 15.0 Å². The predicted molar refractivity (Wildman–Crippen MR) is 111 cm³/mol. The fraction of sp³-hybridized carbons (Fsp3) is 0.455. The van der Waals surface area contributed by atoms with Crippen LogP contribution in [0.25, 0.3) is 10.9 Å². The molecule has 7 nitrogen and oxygen atoms in total. The van der Waals surface area contributed by atoms with Gasteiger partial charge in [-0.2, -0.15) is 0 Å². The van der Waals surface area contributed by atoms with E-state index in [0.717, 1.165) is 43.1 Å². The van der Waals surface area contributed by atoms with Crippen LogP contribution in [-0.4, -0.2) is 33.2 Å². The molecule has 1 saturated carbocycles. The molecule has 150 valence electrons. The largest absolute Gasteiger partial charge is 0.377 e. The summed E-state index contributed by atoms with van der Waals surface area (Å²) in [7, 11) is 1.64. The molecule has 2 fully saturated rings. The number of hydrogen-bond acceptors (Lipinski definition) is 6. The summed E-state index contributed by atoms with van der Waals surface area (Å²) >= 11 is 0. The van der Waals surface area contributed by atoms with Crippen molar-refractivity contribution in [1.29, 1.82) is 0 Å². The minimum Gasteiger partial charge on any atom is -0.377 e. The maximum atomic E-state index is 13.3. The summed E-state index contributed by atoms with van der Waals surface area (Å²) in [6, 6.07) is 9.64. The molecule has 0 amide bonds. The van der Waals surface area contributed by atoms with Crippen molar-refractivity contribution < 1.29 is 4.74 Å². The highest BCUT2D eigenvalue weighted by Gasteiger charge is 2.33. The third-order valence-electron chi connectivity index (χ3n) is 5.84. The molecule has 1 aliphatic heterocycles. The Morgan fingerprint density at radius 3 is 2.83 bits per heavy atom. The van der Waals surface area contributed by atoms with Crippen molar-refractivity contribution in [2.24, 2.45) is 5.92 Å². The van der Waals surface area contributed by atoms with E-state index < -0.39 is 0 Å². The Bertz CT molecular complexity index is 1090. The highest BCUT2D eigenvalue weighted by Crippen LogP contribution is 2.36. The van der Waals surface area contributed by atoms with Gasteiger partial charge in [0.25, 0.3) is 5.56 Å². The lowest BCUT2D eigenvalue weighted by molar-refractivity contribution is 0.178. The minimum atomic E-state index is 0.0383. The van der Waals surface area contributed by atoms with Gasteiger partial charge in [-0.15, -0.1) is 0 Å². The summed E-state index contributed by atoms with van der Waals surface area (Å²) < 4.78 is 7.12. The number of aromatic nitrogens is 4. The number of anilines is 1. The third kappa shape index (κ3) is 3.51. The zero-order chi connectivity index (χ0) is 19.8. The van der Waals surface area contributed by atoms with Crippen LogP contribution >= 0.6 is 0 Å². The average molecular weight is 391 g/mol. The molecule has 29 heavy (non-hydrogen) atoms. The first kappa shape index (κ1) is 18.2. The molecule has 0 radical (unpaired) electrons. The first-order valence-electron chi connectivity index (χ1n) is 10.3. The Morgan fingerprint density at radius 2 is 2.00 bits per heavy atom. The Hall–Kier alpha value is -2.80. The topological polar surface area (TPSA) is 73.1 Å². The quantitative estimate of drug-likeness (QED) is 0.643. The molecule has 3 heterocycles. The van der Waals surface area contributed by atoms with Gasteiger partial charge in [0.05, 0.1) is 16.9 Å². The van der Waals surface area contributed by atoms with Crippen molar-refractivity contribution >= 4 is 16.7 Å². The number of para-hydroxylation sites is 1. The van der Waals surface area contributed by atoms with Crippen LogP contribution in [-0.2, 0) is 17.9 Å². The van der Waals surface area contributed by atoms with Gasteiger partial charge in [-0.1, -0.05) is 12.1 Å². The number of fused-ring (bicyclic) bond motifs is 1. The van der Waals surface area contributed by atoms with Gasteiger partial charge in [0, 0.05) is 26.4 Å². The summed E-state index contributed by atoms with van der Waals surface area (Å²) in [5, 5.41) is 0.700. The van der Waals surface area contributed by atoms with Crippen molar-refractivity contribution in [3.63, 3.8) is 0 Å². The molecule has 0 bridgehead atoms. The Morgan fingerprint density at radius 1 is 1.14 bits per heavy atom. The summed E-state index contributed by atoms with van der Waals surface area (Å²) in [6.07, 6.45) is 6.16. The molecule has 1 aliphatic carbocycles. The molecule has 1 saturated heterocycles. The minimum absolute atomic E-state index is 0.0383. The predicted octanol–water partition coefficient (Wildman–Crippen LogP) is 3.08. The van der Waals surface area contributed by atoms with Crippen LogP contribution in [0.5, 0.6) is 0 Å². The second-order valence-electron chi connectivity index (χ2n) is 7.96. The molecule has 2 aliphatic rings. The standard InChI is InChI=1S/C22H25N5O2/c1-29-14-19-23-11-10-20(25-19)26-12-4-7-18(26)21-24-17-6-3-2-5-16(17)22(28)27(21)13-15-8-9-15/h2-3,5-6,10-11,15,18H,4,7-9,12-14H2,1H3. The second kappa shape index (κ2) is 7.55. The number of rotatable bonds is 6. The molecule has 0 N–H and O–H groups in total. The Kier molecular flexibility index (Phi) is 4.75. The fourth-order valence-corrected chi connectivity index (χ4v) is 4.23. The van der Waals surface area contributed by atoms with E-state index in [-0.39, 0.29) is 11.6 Å². The highest BCUT2D eigenvalue weighted by molar-refractivity contribution is 5.77. The molecular weight excluding hydrogens is 366 g/mol. The lowest BCUT2D eigenvalue weighted by Gasteiger charge is -2.27.